The summed E-state index contributed by atoms with van der Waals surface area (Å²) in [6, 6.07) is 3.53. The van der Waals surface area contributed by atoms with Crippen LogP contribution in [0, 0.1) is 10.1 Å². The molecule has 0 aliphatic heterocycles. The number of esters is 1. The van der Waals surface area contributed by atoms with Gasteiger partial charge in [0.1, 0.15) is 12.4 Å². The average Bonchev–Trinajstić information content (AvgIpc) is 2.16. The van der Waals surface area contributed by atoms with Gasteiger partial charge < -0.3 is 9.84 Å². The molecule has 0 atom stereocenters. The average molecular weight is 211 g/mol. The lowest BCUT2D eigenvalue weighted by atomic mass is 10.2. The predicted octanol–water partition coefficient (Wildman–Crippen LogP) is 1.36. The van der Waals surface area contributed by atoms with E-state index < -0.39 is 10.9 Å². The molecule has 0 aliphatic carbocycles. The monoisotopic (exact) mass is 211 g/mol. The van der Waals surface area contributed by atoms with E-state index in [1.807, 2.05) is 0 Å². The van der Waals surface area contributed by atoms with Gasteiger partial charge in [-0.25, -0.2) is 0 Å². The molecule has 6 heteroatoms. The summed E-state index contributed by atoms with van der Waals surface area (Å²) in [5.74, 6) is -0.650. The summed E-state index contributed by atoms with van der Waals surface area (Å²) in [4.78, 5) is 20.3. The van der Waals surface area contributed by atoms with E-state index in [4.69, 9.17) is 0 Å². The third kappa shape index (κ3) is 2.94. The van der Waals surface area contributed by atoms with Crippen LogP contribution in [0.2, 0.25) is 0 Å². The SMILES string of the molecule is CC(=O)OCc1cc([N+](=O)[O-])ccc1O. The molecule has 0 fully saturated rings. The van der Waals surface area contributed by atoms with Crippen LogP contribution in [0.3, 0.4) is 0 Å². The highest BCUT2D eigenvalue weighted by Gasteiger charge is 2.10. The number of hydrogen-bond donors (Lipinski definition) is 1. The van der Waals surface area contributed by atoms with Crippen molar-refractivity contribution in [2.45, 2.75) is 13.5 Å². The van der Waals surface area contributed by atoms with Gasteiger partial charge >= 0.3 is 5.97 Å². The minimum atomic E-state index is -0.587. The van der Waals surface area contributed by atoms with Crippen molar-refractivity contribution < 1.29 is 19.6 Å². The van der Waals surface area contributed by atoms with Crippen LogP contribution in [0.5, 0.6) is 5.75 Å². The lowest BCUT2D eigenvalue weighted by molar-refractivity contribution is -0.385. The standard InChI is InChI=1S/C9H9NO5/c1-6(11)15-5-7-4-8(10(13)14)2-3-9(7)12/h2-4,12H,5H2,1H3. The number of phenols is 1. The molecule has 1 aromatic rings. The molecular formula is C9H9NO5. The van der Waals surface area contributed by atoms with Crippen LogP contribution in [0.1, 0.15) is 12.5 Å². The minimum absolute atomic E-state index is 0.137. The second-order valence-electron chi connectivity index (χ2n) is 2.85. The first-order valence-corrected chi connectivity index (χ1v) is 4.10. The zero-order chi connectivity index (χ0) is 11.4. The van der Waals surface area contributed by atoms with Crippen LogP contribution < -0.4 is 0 Å². The molecule has 0 heterocycles. The maximum absolute atomic E-state index is 10.5. The van der Waals surface area contributed by atoms with Gasteiger partial charge in [-0.2, -0.15) is 0 Å². The van der Waals surface area contributed by atoms with Gasteiger partial charge in [0, 0.05) is 24.6 Å². The van der Waals surface area contributed by atoms with E-state index in [1.165, 1.54) is 19.1 Å². The van der Waals surface area contributed by atoms with E-state index in [0.717, 1.165) is 6.07 Å². The molecule has 0 spiro atoms. The number of aromatic hydroxyl groups is 1. The van der Waals surface area contributed by atoms with Gasteiger partial charge in [0.2, 0.25) is 0 Å². The summed E-state index contributed by atoms with van der Waals surface area (Å²) in [5.41, 5.74) is 0.0503. The fourth-order valence-electron chi connectivity index (χ4n) is 0.980. The number of non-ortho nitro benzene ring substituents is 1. The lowest BCUT2D eigenvalue weighted by Crippen LogP contribution is -1.99. The Morgan fingerprint density at radius 2 is 2.27 bits per heavy atom. The summed E-state index contributed by atoms with van der Waals surface area (Å²) in [7, 11) is 0. The predicted molar refractivity (Wildman–Crippen MR) is 50.2 cm³/mol. The molecule has 15 heavy (non-hydrogen) atoms. The number of nitro benzene ring substituents is 1. The summed E-state index contributed by atoms with van der Waals surface area (Å²) in [5, 5.41) is 19.7. The molecule has 0 bridgehead atoms. The smallest absolute Gasteiger partial charge is 0.302 e. The van der Waals surface area contributed by atoms with E-state index >= 15 is 0 Å². The second kappa shape index (κ2) is 4.41. The summed E-state index contributed by atoms with van der Waals surface area (Å²) >= 11 is 0. The van der Waals surface area contributed by atoms with Gasteiger partial charge in [-0.05, 0) is 6.07 Å². The zero-order valence-electron chi connectivity index (χ0n) is 7.97. The summed E-state index contributed by atoms with van der Waals surface area (Å²) in [6.45, 7) is 1.04. The number of nitrogens with zero attached hydrogens (tertiary/aromatic N) is 1. The summed E-state index contributed by atoms with van der Waals surface area (Å²) in [6.07, 6.45) is 0. The Balaban J connectivity index is 2.90. The lowest BCUT2D eigenvalue weighted by Gasteiger charge is -2.04. The number of carbonyl (C=O) groups excluding carboxylic acids is 1. The van der Waals surface area contributed by atoms with Crippen molar-refractivity contribution in [1.82, 2.24) is 0 Å². The number of ether oxygens (including phenoxy) is 1. The molecule has 0 radical (unpaired) electrons. The molecule has 0 aromatic heterocycles. The van der Waals surface area contributed by atoms with E-state index in [9.17, 15) is 20.0 Å². The van der Waals surface area contributed by atoms with Crippen LogP contribution in [-0.2, 0) is 16.1 Å². The Morgan fingerprint density at radius 1 is 1.60 bits per heavy atom. The molecular weight excluding hydrogens is 202 g/mol. The topological polar surface area (TPSA) is 89.7 Å². The fraction of sp³-hybridized carbons (Fsp3) is 0.222. The van der Waals surface area contributed by atoms with Crippen LogP contribution >= 0.6 is 0 Å². The molecule has 0 unspecified atom stereocenters. The van der Waals surface area contributed by atoms with Crippen LogP contribution in [-0.4, -0.2) is 16.0 Å². The Labute approximate surface area is 85.2 Å². The summed E-state index contributed by atoms with van der Waals surface area (Å²) < 4.78 is 4.62. The molecule has 1 aromatic carbocycles. The highest BCUT2D eigenvalue weighted by Crippen LogP contribution is 2.23. The highest BCUT2D eigenvalue weighted by atomic mass is 16.6. The fourth-order valence-corrected chi connectivity index (χ4v) is 0.980. The zero-order valence-corrected chi connectivity index (χ0v) is 7.97. The van der Waals surface area contributed by atoms with E-state index in [-0.39, 0.29) is 23.6 Å². The molecule has 80 valence electrons. The van der Waals surface area contributed by atoms with Crippen LogP contribution in [0.4, 0.5) is 5.69 Å². The molecule has 0 aliphatic rings. The van der Waals surface area contributed by atoms with E-state index in [2.05, 4.69) is 4.74 Å². The number of phenolic OH excluding ortho intramolecular Hbond substituents is 1. The van der Waals surface area contributed by atoms with Crippen molar-refractivity contribution in [3.8, 4) is 5.75 Å². The van der Waals surface area contributed by atoms with Crippen molar-refractivity contribution in [1.29, 1.82) is 0 Å². The third-order valence-corrected chi connectivity index (χ3v) is 1.70. The molecule has 1 rings (SSSR count). The van der Waals surface area contributed by atoms with E-state index in [0.29, 0.717) is 0 Å². The molecule has 6 nitrogen and oxygen atoms in total. The van der Waals surface area contributed by atoms with Gasteiger partial charge in [0.25, 0.3) is 5.69 Å². The molecule has 0 saturated carbocycles. The number of benzene rings is 1. The van der Waals surface area contributed by atoms with E-state index in [1.54, 1.807) is 0 Å². The molecule has 0 amide bonds. The Hall–Kier alpha value is -2.11. The highest BCUT2D eigenvalue weighted by molar-refractivity contribution is 5.66. The van der Waals surface area contributed by atoms with Crippen molar-refractivity contribution in [3.05, 3.63) is 33.9 Å². The van der Waals surface area contributed by atoms with Crippen LogP contribution in [0.25, 0.3) is 0 Å². The quantitative estimate of drug-likeness (QED) is 0.463. The first-order chi connectivity index (χ1) is 7.00. The van der Waals surface area contributed by atoms with Crippen molar-refractivity contribution in [2.24, 2.45) is 0 Å². The van der Waals surface area contributed by atoms with Crippen molar-refractivity contribution in [3.63, 3.8) is 0 Å². The van der Waals surface area contributed by atoms with Gasteiger partial charge in [-0.3, -0.25) is 14.9 Å². The second-order valence-corrected chi connectivity index (χ2v) is 2.85. The van der Waals surface area contributed by atoms with Gasteiger partial charge in [-0.15, -0.1) is 0 Å². The molecule has 1 N–H and O–H groups in total. The van der Waals surface area contributed by atoms with Gasteiger partial charge in [-0.1, -0.05) is 0 Å². The number of nitro groups is 1. The normalized spacial score (nSPS) is 9.67. The van der Waals surface area contributed by atoms with Crippen molar-refractivity contribution >= 4 is 11.7 Å². The number of carbonyl (C=O) groups is 1. The van der Waals surface area contributed by atoms with Gasteiger partial charge in [0.15, 0.2) is 0 Å². The maximum atomic E-state index is 10.5. The largest absolute Gasteiger partial charge is 0.508 e. The maximum Gasteiger partial charge on any atom is 0.302 e. The first-order valence-electron chi connectivity index (χ1n) is 4.10. The number of rotatable bonds is 3. The van der Waals surface area contributed by atoms with Crippen LogP contribution in [0.15, 0.2) is 18.2 Å². The molecule has 0 saturated heterocycles. The van der Waals surface area contributed by atoms with Gasteiger partial charge in [0.05, 0.1) is 4.92 Å². The Bertz CT molecular complexity index is 401. The number of hydrogen-bond acceptors (Lipinski definition) is 5. The first kappa shape index (κ1) is 11.0. The Morgan fingerprint density at radius 3 is 2.80 bits per heavy atom. The minimum Gasteiger partial charge on any atom is -0.508 e. The third-order valence-electron chi connectivity index (χ3n) is 1.70. The Kier molecular flexibility index (Phi) is 3.22. The van der Waals surface area contributed by atoms with Crippen molar-refractivity contribution in [2.75, 3.05) is 0 Å².